The van der Waals surface area contributed by atoms with E-state index in [1.165, 1.54) is 6.33 Å². The lowest BCUT2D eigenvalue weighted by molar-refractivity contribution is 0.632. The van der Waals surface area contributed by atoms with Gasteiger partial charge in [0.25, 0.3) is 0 Å². The fourth-order valence-corrected chi connectivity index (χ4v) is 3.59. The van der Waals surface area contributed by atoms with Crippen molar-refractivity contribution in [2.45, 2.75) is 0 Å². The molecule has 148 valence electrons. The van der Waals surface area contributed by atoms with Crippen LogP contribution >= 0.6 is 0 Å². The summed E-state index contributed by atoms with van der Waals surface area (Å²) in [7, 11) is 0. The molecule has 8 nitrogen and oxygen atoms in total. The van der Waals surface area contributed by atoms with Gasteiger partial charge in [-0.2, -0.15) is 0 Å². The van der Waals surface area contributed by atoms with Crippen LogP contribution in [0.15, 0.2) is 73.6 Å². The van der Waals surface area contributed by atoms with Crippen LogP contribution in [0.2, 0.25) is 0 Å². The summed E-state index contributed by atoms with van der Waals surface area (Å²) < 4.78 is 0. The molecule has 0 atom stereocenters. The van der Waals surface area contributed by atoms with E-state index in [0.717, 1.165) is 60.3 Å². The molecule has 0 radical (unpaired) electrons. The fraction of sp³-hybridized carbons (Fsp3) is 0.182. The zero-order valence-electron chi connectivity index (χ0n) is 16.3. The van der Waals surface area contributed by atoms with Gasteiger partial charge in [0.05, 0.1) is 5.69 Å². The lowest BCUT2D eigenvalue weighted by atomic mass is 10.1. The Balaban J connectivity index is 1.46. The Morgan fingerprint density at radius 2 is 1.40 bits per heavy atom. The molecule has 4 heterocycles. The summed E-state index contributed by atoms with van der Waals surface area (Å²) in [6.45, 7) is 3.24. The van der Waals surface area contributed by atoms with E-state index in [0.29, 0.717) is 0 Å². The van der Waals surface area contributed by atoms with Crippen LogP contribution in [0.5, 0.6) is 0 Å². The highest BCUT2D eigenvalue weighted by atomic mass is 15.3. The Labute approximate surface area is 174 Å². The minimum atomic E-state index is 0.763. The normalized spacial score (nSPS) is 14.0. The smallest absolute Gasteiger partial charge is 0.225 e. The van der Waals surface area contributed by atoms with Gasteiger partial charge in [-0.05, 0) is 12.1 Å². The van der Waals surface area contributed by atoms with Crippen molar-refractivity contribution in [3.63, 3.8) is 0 Å². The van der Waals surface area contributed by atoms with Crippen LogP contribution in [0, 0.1) is 0 Å². The molecular formula is C22H20N8. The molecule has 0 N–H and O–H groups in total. The zero-order chi connectivity index (χ0) is 20.2. The van der Waals surface area contributed by atoms with Crippen LogP contribution < -0.4 is 9.80 Å². The predicted octanol–water partition coefficient (Wildman–Crippen LogP) is 2.72. The molecule has 0 amide bonds. The van der Waals surface area contributed by atoms with E-state index < -0.39 is 0 Å². The third-order valence-corrected chi connectivity index (χ3v) is 5.13. The zero-order valence-corrected chi connectivity index (χ0v) is 16.3. The monoisotopic (exact) mass is 396 g/mol. The Morgan fingerprint density at radius 3 is 2.13 bits per heavy atom. The maximum atomic E-state index is 4.62. The first-order valence-electron chi connectivity index (χ1n) is 9.84. The van der Waals surface area contributed by atoms with Gasteiger partial charge in [-0.25, -0.2) is 19.9 Å². The second kappa shape index (κ2) is 8.20. The number of anilines is 2. The van der Waals surface area contributed by atoms with E-state index in [4.69, 9.17) is 0 Å². The van der Waals surface area contributed by atoms with Gasteiger partial charge in [0.15, 0.2) is 5.82 Å². The number of hydrogen-bond acceptors (Lipinski definition) is 8. The van der Waals surface area contributed by atoms with Crippen molar-refractivity contribution in [3.8, 4) is 22.4 Å². The minimum absolute atomic E-state index is 0.763. The van der Waals surface area contributed by atoms with Gasteiger partial charge in [0.2, 0.25) is 5.95 Å². The number of nitrogens with zero attached hydrogens (tertiary/aromatic N) is 8. The summed E-state index contributed by atoms with van der Waals surface area (Å²) in [4.78, 5) is 21.6. The summed E-state index contributed by atoms with van der Waals surface area (Å²) in [5, 5.41) is 9.14. The molecule has 0 spiro atoms. The van der Waals surface area contributed by atoms with Gasteiger partial charge < -0.3 is 9.80 Å². The molecule has 3 aromatic heterocycles. The molecule has 5 rings (SSSR count). The minimum Gasteiger partial charge on any atom is -0.351 e. The quantitative estimate of drug-likeness (QED) is 0.521. The molecule has 1 saturated heterocycles. The average Bonchev–Trinajstić information content (AvgIpc) is 2.85. The molecule has 0 aliphatic carbocycles. The standard InChI is InChI=1S/C22H20N8/c1-2-5-17(6-3-1)20-13-19(18-14-23-16-24-15-18)21(28-27-20)29-9-11-30(12-10-29)22-25-7-4-8-26-22/h1-8,13-16H,9-12H2. The third kappa shape index (κ3) is 3.67. The first-order valence-corrected chi connectivity index (χ1v) is 9.84. The molecule has 1 aromatic carbocycles. The van der Waals surface area contributed by atoms with Crippen LogP contribution in [-0.2, 0) is 0 Å². The van der Waals surface area contributed by atoms with Gasteiger partial charge in [0, 0.05) is 67.7 Å². The Hall–Kier alpha value is -3.94. The second-order valence-corrected chi connectivity index (χ2v) is 6.98. The molecule has 8 heteroatoms. The van der Waals surface area contributed by atoms with Crippen molar-refractivity contribution in [1.29, 1.82) is 0 Å². The molecule has 1 fully saturated rings. The van der Waals surface area contributed by atoms with Crippen molar-refractivity contribution in [2.75, 3.05) is 36.0 Å². The Bertz CT molecular complexity index is 1100. The number of piperazine rings is 1. The molecular weight excluding hydrogens is 376 g/mol. The molecule has 30 heavy (non-hydrogen) atoms. The van der Waals surface area contributed by atoms with Crippen molar-refractivity contribution in [1.82, 2.24) is 30.1 Å². The lowest BCUT2D eigenvalue weighted by Crippen LogP contribution is -2.47. The van der Waals surface area contributed by atoms with Crippen LogP contribution in [0.3, 0.4) is 0 Å². The molecule has 4 aromatic rings. The number of hydrogen-bond donors (Lipinski definition) is 0. The lowest BCUT2D eigenvalue weighted by Gasteiger charge is -2.35. The highest BCUT2D eigenvalue weighted by molar-refractivity contribution is 5.78. The van der Waals surface area contributed by atoms with E-state index in [1.54, 1.807) is 12.4 Å². The van der Waals surface area contributed by atoms with Gasteiger partial charge >= 0.3 is 0 Å². The second-order valence-electron chi connectivity index (χ2n) is 6.98. The van der Waals surface area contributed by atoms with E-state index in [9.17, 15) is 0 Å². The summed E-state index contributed by atoms with van der Waals surface area (Å²) in [6.07, 6.45) is 8.72. The van der Waals surface area contributed by atoms with Crippen molar-refractivity contribution in [3.05, 3.63) is 73.6 Å². The molecule has 1 aliphatic heterocycles. The van der Waals surface area contributed by atoms with Crippen molar-refractivity contribution < 1.29 is 0 Å². The predicted molar refractivity (Wildman–Crippen MR) is 115 cm³/mol. The summed E-state index contributed by atoms with van der Waals surface area (Å²) in [5.41, 5.74) is 3.76. The van der Waals surface area contributed by atoms with Gasteiger partial charge in [-0.3, -0.25) is 0 Å². The highest BCUT2D eigenvalue weighted by Crippen LogP contribution is 2.31. The number of benzene rings is 1. The van der Waals surface area contributed by atoms with Crippen LogP contribution in [-0.4, -0.2) is 56.3 Å². The van der Waals surface area contributed by atoms with Crippen LogP contribution in [0.4, 0.5) is 11.8 Å². The third-order valence-electron chi connectivity index (χ3n) is 5.13. The van der Waals surface area contributed by atoms with Crippen LogP contribution in [0.25, 0.3) is 22.4 Å². The molecule has 0 saturated carbocycles. The number of rotatable bonds is 4. The highest BCUT2D eigenvalue weighted by Gasteiger charge is 2.23. The first kappa shape index (κ1) is 18.1. The SMILES string of the molecule is c1ccc(-c2cc(-c3cncnc3)c(N3CCN(c4ncccn4)CC3)nn2)cc1. The number of aromatic nitrogens is 6. The fourth-order valence-electron chi connectivity index (χ4n) is 3.59. The Kier molecular flexibility index (Phi) is 4.95. The van der Waals surface area contributed by atoms with Gasteiger partial charge in [-0.15, -0.1) is 10.2 Å². The van der Waals surface area contributed by atoms with Crippen LogP contribution in [0.1, 0.15) is 0 Å². The van der Waals surface area contributed by atoms with Gasteiger partial charge in [0.1, 0.15) is 6.33 Å². The molecule has 1 aliphatic rings. The van der Waals surface area contributed by atoms with Crippen molar-refractivity contribution >= 4 is 11.8 Å². The largest absolute Gasteiger partial charge is 0.351 e. The maximum Gasteiger partial charge on any atom is 0.225 e. The topological polar surface area (TPSA) is 83.8 Å². The Morgan fingerprint density at radius 1 is 0.700 bits per heavy atom. The summed E-state index contributed by atoms with van der Waals surface area (Å²) in [6, 6.07) is 14.0. The molecule has 0 unspecified atom stereocenters. The summed E-state index contributed by atoms with van der Waals surface area (Å²) >= 11 is 0. The summed E-state index contributed by atoms with van der Waals surface area (Å²) in [5.74, 6) is 1.61. The van der Waals surface area contributed by atoms with E-state index >= 15 is 0 Å². The van der Waals surface area contributed by atoms with E-state index in [2.05, 4.69) is 46.0 Å². The average molecular weight is 396 g/mol. The van der Waals surface area contributed by atoms with Gasteiger partial charge in [-0.1, -0.05) is 30.3 Å². The van der Waals surface area contributed by atoms with E-state index in [-0.39, 0.29) is 0 Å². The van der Waals surface area contributed by atoms with E-state index in [1.807, 2.05) is 48.8 Å². The molecule has 0 bridgehead atoms. The van der Waals surface area contributed by atoms with Crippen molar-refractivity contribution in [2.24, 2.45) is 0 Å². The first-order chi connectivity index (χ1) is 14.9. The maximum absolute atomic E-state index is 4.62.